The van der Waals surface area contributed by atoms with Gasteiger partial charge in [-0.1, -0.05) is 13.8 Å². The van der Waals surface area contributed by atoms with Gasteiger partial charge in [0.1, 0.15) is 0 Å². The van der Waals surface area contributed by atoms with Gasteiger partial charge in [0.2, 0.25) is 5.82 Å². The second kappa shape index (κ2) is 3.98. The number of hydrogen-bond donors (Lipinski definition) is 1. The van der Waals surface area contributed by atoms with Crippen LogP contribution in [0.5, 0.6) is 0 Å². The van der Waals surface area contributed by atoms with Crippen LogP contribution in [0.25, 0.3) is 0 Å². The van der Waals surface area contributed by atoms with Crippen molar-refractivity contribution in [2.24, 2.45) is 5.92 Å². The molecule has 1 aromatic rings. The molecule has 0 fully saturated rings. The lowest BCUT2D eigenvalue weighted by molar-refractivity contribution is 0.0683. The minimum Gasteiger partial charge on any atom is -0.475 e. The highest BCUT2D eigenvalue weighted by Gasteiger charge is 2.05. The molecule has 0 aliphatic carbocycles. The van der Waals surface area contributed by atoms with Gasteiger partial charge in [-0.05, 0) is 17.9 Å². The lowest BCUT2D eigenvalue weighted by atomic mass is 10.1. The molecule has 4 nitrogen and oxygen atoms in total. The van der Waals surface area contributed by atoms with E-state index < -0.39 is 5.97 Å². The second-order valence-electron chi connectivity index (χ2n) is 3.32. The van der Waals surface area contributed by atoms with Crippen molar-refractivity contribution in [1.82, 2.24) is 9.97 Å². The fourth-order valence-corrected chi connectivity index (χ4v) is 1.04. The topological polar surface area (TPSA) is 63.1 Å². The van der Waals surface area contributed by atoms with Crippen LogP contribution in [0.15, 0.2) is 12.4 Å². The summed E-state index contributed by atoms with van der Waals surface area (Å²) in [6, 6.07) is 0. The Bertz CT molecular complexity index is 293. The monoisotopic (exact) mass is 180 g/mol. The molecule has 13 heavy (non-hydrogen) atoms. The summed E-state index contributed by atoms with van der Waals surface area (Å²) >= 11 is 0. The molecule has 0 amide bonds. The van der Waals surface area contributed by atoms with Crippen molar-refractivity contribution < 1.29 is 9.90 Å². The van der Waals surface area contributed by atoms with Gasteiger partial charge >= 0.3 is 5.97 Å². The molecule has 0 saturated heterocycles. The van der Waals surface area contributed by atoms with Crippen LogP contribution >= 0.6 is 0 Å². The highest BCUT2D eigenvalue weighted by Crippen LogP contribution is 2.04. The van der Waals surface area contributed by atoms with E-state index in [-0.39, 0.29) is 5.82 Å². The van der Waals surface area contributed by atoms with Crippen molar-refractivity contribution in [1.29, 1.82) is 0 Å². The maximum absolute atomic E-state index is 10.4. The molecule has 1 N–H and O–H groups in total. The smallest absolute Gasteiger partial charge is 0.373 e. The van der Waals surface area contributed by atoms with Crippen LogP contribution in [-0.4, -0.2) is 21.0 Å². The minimum absolute atomic E-state index is 0.146. The molecule has 0 aliphatic heterocycles. The maximum atomic E-state index is 10.4. The Labute approximate surface area is 76.7 Å². The number of hydrogen-bond acceptors (Lipinski definition) is 3. The Balaban J connectivity index is 2.75. The van der Waals surface area contributed by atoms with Gasteiger partial charge in [0.05, 0.1) is 0 Å². The highest BCUT2D eigenvalue weighted by atomic mass is 16.4. The van der Waals surface area contributed by atoms with Crippen LogP contribution < -0.4 is 0 Å². The van der Waals surface area contributed by atoms with E-state index in [0.29, 0.717) is 5.92 Å². The van der Waals surface area contributed by atoms with Gasteiger partial charge < -0.3 is 5.11 Å². The van der Waals surface area contributed by atoms with Crippen LogP contribution in [0.1, 0.15) is 30.0 Å². The number of rotatable bonds is 3. The van der Waals surface area contributed by atoms with Crippen molar-refractivity contribution in [3.8, 4) is 0 Å². The third-order valence-corrected chi connectivity index (χ3v) is 1.54. The predicted molar refractivity (Wildman–Crippen MR) is 47.5 cm³/mol. The highest BCUT2D eigenvalue weighted by molar-refractivity contribution is 5.82. The molecule has 0 aliphatic rings. The average Bonchev–Trinajstić information content (AvgIpc) is 2.04. The summed E-state index contributed by atoms with van der Waals surface area (Å²) in [7, 11) is 0. The summed E-state index contributed by atoms with van der Waals surface area (Å²) in [5.41, 5.74) is 0.972. The summed E-state index contributed by atoms with van der Waals surface area (Å²) in [5, 5.41) is 8.53. The van der Waals surface area contributed by atoms with E-state index in [9.17, 15) is 4.79 Å². The summed E-state index contributed by atoms with van der Waals surface area (Å²) in [5.74, 6) is -0.706. The van der Waals surface area contributed by atoms with Crippen LogP contribution in [0.3, 0.4) is 0 Å². The number of carbonyl (C=O) groups is 1. The van der Waals surface area contributed by atoms with Gasteiger partial charge in [-0.3, -0.25) is 0 Å². The predicted octanol–water partition coefficient (Wildman–Crippen LogP) is 1.37. The van der Waals surface area contributed by atoms with Gasteiger partial charge in [-0.25, -0.2) is 14.8 Å². The van der Waals surface area contributed by atoms with Crippen molar-refractivity contribution in [3.63, 3.8) is 0 Å². The molecule has 4 heteroatoms. The first-order valence-electron chi connectivity index (χ1n) is 4.14. The Morgan fingerprint density at radius 3 is 2.38 bits per heavy atom. The Hall–Kier alpha value is -1.45. The first-order chi connectivity index (χ1) is 6.09. The zero-order valence-corrected chi connectivity index (χ0v) is 7.69. The number of carboxylic acids is 1. The minimum atomic E-state index is -1.09. The third-order valence-electron chi connectivity index (χ3n) is 1.54. The zero-order chi connectivity index (χ0) is 9.84. The van der Waals surface area contributed by atoms with Gasteiger partial charge in [0.15, 0.2) is 0 Å². The number of aromatic nitrogens is 2. The normalized spacial score (nSPS) is 10.4. The molecule has 0 saturated carbocycles. The number of aromatic carboxylic acids is 1. The average molecular weight is 180 g/mol. The van der Waals surface area contributed by atoms with Crippen molar-refractivity contribution in [2.45, 2.75) is 20.3 Å². The van der Waals surface area contributed by atoms with Gasteiger partial charge in [-0.2, -0.15) is 0 Å². The maximum Gasteiger partial charge on any atom is 0.373 e. The molecule has 0 radical (unpaired) electrons. The Kier molecular flexibility index (Phi) is 2.95. The molecule has 0 unspecified atom stereocenters. The molecule has 0 spiro atoms. The molecule has 1 heterocycles. The largest absolute Gasteiger partial charge is 0.475 e. The van der Waals surface area contributed by atoms with Crippen LogP contribution in [-0.2, 0) is 6.42 Å². The van der Waals surface area contributed by atoms with E-state index in [1.54, 1.807) is 12.4 Å². The molecular formula is C9H12N2O2. The van der Waals surface area contributed by atoms with Crippen molar-refractivity contribution in [3.05, 3.63) is 23.8 Å². The molecule has 70 valence electrons. The van der Waals surface area contributed by atoms with Gasteiger partial charge in [0, 0.05) is 12.4 Å². The Morgan fingerprint density at radius 1 is 1.46 bits per heavy atom. The first kappa shape index (κ1) is 9.64. The SMILES string of the molecule is CC(C)Cc1cnc(C(=O)O)nc1. The van der Waals surface area contributed by atoms with Crippen LogP contribution in [0, 0.1) is 5.92 Å². The molecule has 0 atom stereocenters. The van der Waals surface area contributed by atoms with E-state index in [2.05, 4.69) is 23.8 Å². The lowest BCUT2D eigenvalue weighted by Gasteiger charge is -2.02. The van der Waals surface area contributed by atoms with Crippen LogP contribution in [0.2, 0.25) is 0 Å². The third kappa shape index (κ3) is 2.82. The fourth-order valence-electron chi connectivity index (χ4n) is 1.04. The van der Waals surface area contributed by atoms with E-state index in [1.165, 1.54) is 0 Å². The number of carboxylic acid groups (broad SMARTS) is 1. The van der Waals surface area contributed by atoms with E-state index >= 15 is 0 Å². The fraction of sp³-hybridized carbons (Fsp3) is 0.444. The number of nitrogens with zero attached hydrogens (tertiary/aromatic N) is 2. The second-order valence-corrected chi connectivity index (χ2v) is 3.32. The molecule has 0 bridgehead atoms. The summed E-state index contributed by atoms with van der Waals surface area (Å²) in [6.45, 7) is 4.18. The van der Waals surface area contributed by atoms with Gasteiger partial charge in [0.25, 0.3) is 0 Å². The first-order valence-corrected chi connectivity index (χ1v) is 4.14. The van der Waals surface area contributed by atoms with Gasteiger partial charge in [-0.15, -0.1) is 0 Å². The summed E-state index contributed by atoms with van der Waals surface area (Å²) < 4.78 is 0. The molecule has 1 aromatic heterocycles. The lowest BCUT2D eigenvalue weighted by Crippen LogP contribution is -2.05. The summed E-state index contributed by atoms with van der Waals surface area (Å²) in [4.78, 5) is 17.9. The molecular weight excluding hydrogens is 168 g/mol. The van der Waals surface area contributed by atoms with Crippen LogP contribution in [0.4, 0.5) is 0 Å². The van der Waals surface area contributed by atoms with E-state index in [4.69, 9.17) is 5.11 Å². The van der Waals surface area contributed by atoms with Crippen molar-refractivity contribution >= 4 is 5.97 Å². The van der Waals surface area contributed by atoms with Crippen molar-refractivity contribution in [2.75, 3.05) is 0 Å². The quantitative estimate of drug-likeness (QED) is 0.763. The molecule has 0 aromatic carbocycles. The summed E-state index contributed by atoms with van der Waals surface area (Å²) in [6.07, 6.45) is 4.01. The molecule has 1 rings (SSSR count). The zero-order valence-electron chi connectivity index (χ0n) is 7.69. The van der Waals surface area contributed by atoms with E-state index in [0.717, 1.165) is 12.0 Å². The van der Waals surface area contributed by atoms with E-state index in [1.807, 2.05) is 0 Å². The Morgan fingerprint density at radius 2 is 2.00 bits per heavy atom. The standard InChI is InChI=1S/C9H12N2O2/c1-6(2)3-7-4-10-8(9(12)13)11-5-7/h4-6H,3H2,1-2H3,(H,12,13).